The van der Waals surface area contributed by atoms with Gasteiger partial charge in [-0.15, -0.1) is 0 Å². The summed E-state index contributed by atoms with van der Waals surface area (Å²) in [5.41, 5.74) is 1.43. The topological polar surface area (TPSA) is 55.4 Å². The molecule has 4 nitrogen and oxygen atoms in total. The number of aryl methyl sites for hydroxylation is 1. The Morgan fingerprint density at radius 3 is 2.42 bits per heavy atom. The molecule has 0 saturated carbocycles. The summed E-state index contributed by atoms with van der Waals surface area (Å²) in [6.45, 7) is 4.10. The van der Waals surface area contributed by atoms with Crippen LogP contribution >= 0.6 is 0 Å². The lowest BCUT2D eigenvalue weighted by molar-refractivity contribution is -0.116. The first kappa shape index (κ1) is 17.7. The third-order valence-electron chi connectivity index (χ3n) is 3.52. The molecule has 0 aliphatic heterocycles. The van der Waals surface area contributed by atoms with Crippen LogP contribution in [0, 0.1) is 12.7 Å². The van der Waals surface area contributed by atoms with E-state index in [1.54, 1.807) is 43.3 Å². The molecule has 2 aromatic carbocycles. The second kappa shape index (κ2) is 8.24. The largest absolute Gasteiger partial charge is 0.494 e. The van der Waals surface area contributed by atoms with Gasteiger partial charge < -0.3 is 10.1 Å². The fourth-order valence-electron chi connectivity index (χ4n) is 2.17. The molecule has 2 rings (SSSR count). The Labute approximate surface area is 140 Å². The van der Waals surface area contributed by atoms with E-state index in [9.17, 15) is 14.0 Å². The van der Waals surface area contributed by atoms with Crippen LogP contribution in [0.3, 0.4) is 0 Å². The average Bonchev–Trinajstić information content (AvgIpc) is 2.57. The van der Waals surface area contributed by atoms with Crippen LogP contribution in [0.2, 0.25) is 0 Å². The molecule has 0 aliphatic carbocycles. The Bertz CT molecular complexity index is 726. The number of anilines is 1. The molecule has 0 aliphatic rings. The zero-order valence-electron chi connectivity index (χ0n) is 13.8. The Balaban J connectivity index is 1.86. The molecule has 0 atom stereocenters. The van der Waals surface area contributed by atoms with Crippen LogP contribution in [0.1, 0.15) is 35.7 Å². The number of ether oxygens (including phenoxy) is 1. The summed E-state index contributed by atoms with van der Waals surface area (Å²) in [4.78, 5) is 24.0. The predicted octanol–water partition coefficient (Wildman–Crippen LogP) is 4.13. The van der Waals surface area contributed by atoms with Crippen molar-refractivity contribution in [1.29, 1.82) is 0 Å². The molecule has 126 valence electrons. The van der Waals surface area contributed by atoms with Crippen LogP contribution in [0.4, 0.5) is 10.1 Å². The Morgan fingerprint density at radius 1 is 1.08 bits per heavy atom. The molecular weight excluding hydrogens is 309 g/mol. The SMILES string of the molecule is CCOc1ccc(C(=O)CCC(=O)Nc2ccc(C)c(F)c2)cc1. The van der Waals surface area contributed by atoms with Crippen LogP contribution < -0.4 is 10.1 Å². The average molecular weight is 329 g/mol. The van der Waals surface area contributed by atoms with E-state index in [2.05, 4.69) is 5.32 Å². The lowest BCUT2D eigenvalue weighted by Gasteiger charge is -2.07. The third kappa shape index (κ3) is 4.91. The summed E-state index contributed by atoms with van der Waals surface area (Å²) in [6.07, 6.45) is 0.135. The minimum Gasteiger partial charge on any atom is -0.494 e. The van der Waals surface area contributed by atoms with Gasteiger partial charge in [0, 0.05) is 24.1 Å². The standard InChI is InChI=1S/C19H20FNO3/c1-3-24-16-8-5-14(6-9-16)18(22)10-11-19(23)21-15-7-4-13(2)17(20)12-15/h4-9,12H,3,10-11H2,1-2H3,(H,21,23). The second-order valence-electron chi connectivity index (χ2n) is 5.39. The molecule has 24 heavy (non-hydrogen) atoms. The van der Waals surface area contributed by atoms with Crippen LogP contribution in [-0.2, 0) is 4.79 Å². The number of amides is 1. The lowest BCUT2D eigenvalue weighted by Crippen LogP contribution is -2.13. The van der Waals surface area contributed by atoms with Crippen molar-refractivity contribution in [2.45, 2.75) is 26.7 Å². The van der Waals surface area contributed by atoms with E-state index in [0.717, 1.165) is 0 Å². The molecule has 1 amide bonds. The number of carbonyl (C=O) groups excluding carboxylic acids is 2. The predicted molar refractivity (Wildman–Crippen MR) is 90.9 cm³/mol. The van der Waals surface area contributed by atoms with E-state index < -0.39 is 0 Å². The number of carbonyl (C=O) groups is 2. The Hall–Kier alpha value is -2.69. The third-order valence-corrected chi connectivity index (χ3v) is 3.52. The van der Waals surface area contributed by atoms with Gasteiger partial charge >= 0.3 is 0 Å². The van der Waals surface area contributed by atoms with Gasteiger partial charge in [-0.2, -0.15) is 0 Å². The molecule has 1 N–H and O–H groups in total. The van der Waals surface area contributed by atoms with Crippen LogP contribution in [0.25, 0.3) is 0 Å². The number of hydrogen-bond acceptors (Lipinski definition) is 3. The summed E-state index contributed by atoms with van der Waals surface area (Å²) in [6, 6.07) is 11.3. The van der Waals surface area contributed by atoms with Gasteiger partial charge in [-0.05, 0) is 55.8 Å². The maximum Gasteiger partial charge on any atom is 0.224 e. The number of nitrogens with one attached hydrogen (secondary N) is 1. The van der Waals surface area contributed by atoms with Gasteiger partial charge in [-0.25, -0.2) is 4.39 Å². The van der Waals surface area contributed by atoms with Crippen molar-refractivity contribution in [3.8, 4) is 5.75 Å². The van der Waals surface area contributed by atoms with Gasteiger partial charge in [0.05, 0.1) is 6.61 Å². The fourth-order valence-corrected chi connectivity index (χ4v) is 2.17. The van der Waals surface area contributed by atoms with Gasteiger partial charge in [0.2, 0.25) is 5.91 Å². The summed E-state index contributed by atoms with van der Waals surface area (Å²) in [5, 5.41) is 2.59. The van der Waals surface area contributed by atoms with Crippen molar-refractivity contribution in [1.82, 2.24) is 0 Å². The highest BCUT2D eigenvalue weighted by Crippen LogP contribution is 2.16. The van der Waals surface area contributed by atoms with Crippen LogP contribution in [0.5, 0.6) is 5.75 Å². The molecule has 0 radical (unpaired) electrons. The van der Waals surface area contributed by atoms with Crippen molar-refractivity contribution in [2.24, 2.45) is 0 Å². The summed E-state index contributed by atoms with van der Waals surface area (Å²) in [7, 11) is 0. The molecule has 0 bridgehead atoms. The number of halogens is 1. The highest BCUT2D eigenvalue weighted by atomic mass is 19.1. The first-order valence-corrected chi connectivity index (χ1v) is 7.81. The smallest absolute Gasteiger partial charge is 0.224 e. The number of benzene rings is 2. The number of hydrogen-bond donors (Lipinski definition) is 1. The van der Waals surface area contributed by atoms with Crippen LogP contribution in [0.15, 0.2) is 42.5 Å². The van der Waals surface area contributed by atoms with E-state index >= 15 is 0 Å². The quantitative estimate of drug-likeness (QED) is 0.777. The summed E-state index contributed by atoms with van der Waals surface area (Å²) < 4.78 is 18.8. The van der Waals surface area contributed by atoms with E-state index in [-0.39, 0.29) is 30.3 Å². The maximum atomic E-state index is 13.4. The normalized spacial score (nSPS) is 10.3. The minimum absolute atomic E-state index is 0.0432. The molecule has 0 unspecified atom stereocenters. The highest BCUT2D eigenvalue weighted by Gasteiger charge is 2.10. The molecular formula is C19H20FNO3. The molecule has 5 heteroatoms. The van der Waals surface area contributed by atoms with E-state index in [0.29, 0.717) is 29.2 Å². The fraction of sp³-hybridized carbons (Fsp3) is 0.263. The van der Waals surface area contributed by atoms with E-state index in [1.807, 2.05) is 6.92 Å². The van der Waals surface area contributed by atoms with Gasteiger partial charge in [0.15, 0.2) is 5.78 Å². The molecule has 0 aromatic heterocycles. The van der Waals surface area contributed by atoms with E-state index in [1.165, 1.54) is 6.07 Å². The zero-order valence-corrected chi connectivity index (χ0v) is 13.8. The van der Waals surface area contributed by atoms with Crippen molar-refractivity contribution in [3.05, 3.63) is 59.4 Å². The number of Topliss-reactive ketones (excluding diaryl/α,β-unsaturated/α-hetero) is 1. The van der Waals surface area contributed by atoms with E-state index in [4.69, 9.17) is 4.74 Å². The van der Waals surface area contributed by atoms with Gasteiger partial charge in [-0.3, -0.25) is 9.59 Å². The maximum absolute atomic E-state index is 13.4. The zero-order chi connectivity index (χ0) is 17.5. The van der Waals surface area contributed by atoms with Crippen molar-refractivity contribution < 1.29 is 18.7 Å². The first-order valence-electron chi connectivity index (χ1n) is 7.81. The van der Waals surface area contributed by atoms with Gasteiger partial charge in [-0.1, -0.05) is 6.07 Å². The molecule has 0 heterocycles. The van der Waals surface area contributed by atoms with Crippen molar-refractivity contribution in [3.63, 3.8) is 0 Å². The molecule has 2 aromatic rings. The lowest BCUT2D eigenvalue weighted by atomic mass is 10.1. The van der Waals surface area contributed by atoms with Crippen LogP contribution in [-0.4, -0.2) is 18.3 Å². The number of rotatable bonds is 7. The molecule has 0 saturated heterocycles. The van der Waals surface area contributed by atoms with Crippen molar-refractivity contribution in [2.75, 3.05) is 11.9 Å². The summed E-state index contributed by atoms with van der Waals surface area (Å²) in [5.74, 6) is -0.118. The second-order valence-corrected chi connectivity index (χ2v) is 5.39. The molecule has 0 spiro atoms. The first-order chi connectivity index (χ1) is 11.5. The Kier molecular flexibility index (Phi) is 6.07. The Morgan fingerprint density at radius 2 is 1.79 bits per heavy atom. The molecule has 0 fully saturated rings. The van der Waals surface area contributed by atoms with Gasteiger partial charge in [0.25, 0.3) is 0 Å². The monoisotopic (exact) mass is 329 g/mol. The van der Waals surface area contributed by atoms with Crippen molar-refractivity contribution >= 4 is 17.4 Å². The van der Waals surface area contributed by atoms with Gasteiger partial charge in [0.1, 0.15) is 11.6 Å². The highest BCUT2D eigenvalue weighted by molar-refractivity contribution is 6.00. The summed E-state index contributed by atoms with van der Waals surface area (Å²) >= 11 is 0. The number of ketones is 1. The minimum atomic E-state index is -0.377.